The SMILES string of the molecule is CC(C)c1ncc(Cl)c(C(=O)NC(CN)C2CC2)n1.Cl. The summed E-state index contributed by atoms with van der Waals surface area (Å²) in [7, 11) is 0. The van der Waals surface area contributed by atoms with Gasteiger partial charge in [-0.05, 0) is 18.8 Å². The van der Waals surface area contributed by atoms with Crippen molar-refractivity contribution in [3.05, 3.63) is 22.7 Å². The van der Waals surface area contributed by atoms with Gasteiger partial charge in [0.2, 0.25) is 0 Å². The van der Waals surface area contributed by atoms with Gasteiger partial charge in [-0.25, -0.2) is 9.97 Å². The molecule has 1 aromatic rings. The molecule has 1 atom stereocenters. The number of aromatic nitrogens is 2. The van der Waals surface area contributed by atoms with E-state index in [-0.39, 0.29) is 41.0 Å². The average Bonchev–Trinajstić information content (AvgIpc) is 3.20. The largest absolute Gasteiger partial charge is 0.346 e. The Morgan fingerprint density at radius 2 is 2.20 bits per heavy atom. The monoisotopic (exact) mass is 318 g/mol. The van der Waals surface area contributed by atoms with Crippen molar-refractivity contribution >= 4 is 29.9 Å². The standard InChI is InChI=1S/C13H19ClN4O.ClH/c1-7(2)12-16-6-9(14)11(18-12)13(19)17-10(5-15)8-3-4-8;/h6-8,10H,3-5,15H2,1-2H3,(H,17,19);1H. The second-order valence-electron chi connectivity index (χ2n) is 5.23. The lowest BCUT2D eigenvalue weighted by molar-refractivity contribution is 0.0928. The fraction of sp³-hybridized carbons (Fsp3) is 0.615. The Hall–Kier alpha value is -0.910. The van der Waals surface area contributed by atoms with Gasteiger partial charge in [0.15, 0.2) is 0 Å². The first kappa shape index (κ1) is 17.1. The second kappa shape index (κ2) is 7.20. The molecule has 20 heavy (non-hydrogen) atoms. The predicted octanol–water partition coefficient (Wildman–Crippen LogP) is 2.14. The van der Waals surface area contributed by atoms with Crippen molar-refractivity contribution in [2.45, 2.75) is 38.6 Å². The summed E-state index contributed by atoms with van der Waals surface area (Å²) < 4.78 is 0. The number of hydrogen-bond acceptors (Lipinski definition) is 4. The average molecular weight is 319 g/mol. The van der Waals surface area contributed by atoms with Gasteiger partial charge in [0, 0.05) is 18.5 Å². The third kappa shape index (κ3) is 4.04. The zero-order valence-corrected chi connectivity index (χ0v) is 13.2. The van der Waals surface area contributed by atoms with E-state index in [0.717, 1.165) is 12.8 Å². The topological polar surface area (TPSA) is 80.9 Å². The van der Waals surface area contributed by atoms with Crippen LogP contribution in [0.3, 0.4) is 0 Å². The molecule has 0 bridgehead atoms. The molecule has 1 heterocycles. The van der Waals surface area contributed by atoms with Crippen molar-refractivity contribution in [3.63, 3.8) is 0 Å². The normalized spacial score (nSPS) is 15.7. The van der Waals surface area contributed by atoms with E-state index in [1.807, 2.05) is 13.8 Å². The predicted molar refractivity (Wildman–Crippen MR) is 81.4 cm³/mol. The molecule has 1 fully saturated rings. The van der Waals surface area contributed by atoms with Crippen LogP contribution in [0.5, 0.6) is 0 Å². The van der Waals surface area contributed by atoms with E-state index in [4.69, 9.17) is 17.3 Å². The Balaban J connectivity index is 0.00000200. The van der Waals surface area contributed by atoms with Crippen molar-refractivity contribution < 1.29 is 4.79 Å². The lowest BCUT2D eigenvalue weighted by Crippen LogP contribution is -2.42. The summed E-state index contributed by atoms with van der Waals surface area (Å²) in [6, 6.07) is 0.0148. The van der Waals surface area contributed by atoms with Gasteiger partial charge in [-0.15, -0.1) is 12.4 Å². The molecule has 0 spiro atoms. The zero-order chi connectivity index (χ0) is 14.0. The number of nitrogens with zero attached hydrogens (tertiary/aromatic N) is 2. The number of nitrogens with one attached hydrogen (secondary N) is 1. The molecule has 112 valence electrons. The maximum atomic E-state index is 12.2. The fourth-order valence-corrected chi connectivity index (χ4v) is 2.10. The lowest BCUT2D eigenvalue weighted by atomic mass is 10.1. The molecule has 0 aliphatic heterocycles. The van der Waals surface area contributed by atoms with Gasteiger partial charge in [-0.2, -0.15) is 0 Å². The smallest absolute Gasteiger partial charge is 0.271 e. The maximum Gasteiger partial charge on any atom is 0.271 e. The van der Waals surface area contributed by atoms with Crippen LogP contribution in [0.15, 0.2) is 6.20 Å². The van der Waals surface area contributed by atoms with E-state index in [2.05, 4.69) is 15.3 Å². The Morgan fingerprint density at radius 3 is 2.70 bits per heavy atom. The third-order valence-electron chi connectivity index (χ3n) is 3.26. The van der Waals surface area contributed by atoms with Crippen LogP contribution >= 0.6 is 24.0 Å². The first-order valence-corrected chi connectivity index (χ1v) is 6.94. The van der Waals surface area contributed by atoms with E-state index in [1.165, 1.54) is 6.20 Å². The highest BCUT2D eigenvalue weighted by molar-refractivity contribution is 6.33. The summed E-state index contributed by atoms with van der Waals surface area (Å²) in [6.45, 7) is 4.38. The first-order chi connectivity index (χ1) is 9.02. The van der Waals surface area contributed by atoms with Crippen molar-refractivity contribution in [1.82, 2.24) is 15.3 Å². The number of halogens is 2. The van der Waals surface area contributed by atoms with Crippen LogP contribution in [-0.4, -0.2) is 28.5 Å². The Kier molecular flexibility index (Phi) is 6.17. The summed E-state index contributed by atoms with van der Waals surface area (Å²) in [5.74, 6) is 0.999. The summed E-state index contributed by atoms with van der Waals surface area (Å²) in [6.07, 6.45) is 3.72. The highest BCUT2D eigenvalue weighted by Gasteiger charge is 2.32. The van der Waals surface area contributed by atoms with E-state index >= 15 is 0 Å². The molecule has 1 saturated carbocycles. The van der Waals surface area contributed by atoms with Crippen molar-refractivity contribution in [3.8, 4) is 0 Å². The molecule has 2 rings (SSSR count). The summed E-state index contributed by atoms with van der Waals surface area (Å²) >= 11 is 6.00. The minimum Gasteiger partial charge on any atom is -0.346 e. The molecular formula is C13H20Cl2N4O. The summed E-state index contributed by atoms with van der Waals surface area (Å²) in [4.78, 5) is 20.6. The number of rotatable bonds is 5. The van der Waals surface area contributed by atoms with Gasteiger partial charge >= 0.3 is 0 Å². The molecular weight excluding hydrogens is 299 g/mol. The van der Waals surface area contributed by atoms with Crippen LogP contribution in [0.2, 0.25) is 5.02 Å². The highest BCUT2D eigenvalue weighted by Crippen LogP contribution is 2.32. The molecule has 1 aliphatic rings. The summed E-state index contributed by atoms with van der Waals surface area (Å²) in [5.41, 5.74) is 5.91. The van der Waals surface area contributed by atoms with Crippen molar-refractivity contribution in [2.24, 2.45) is 11.7 Å². The molecule has 1 aliphatic carbocycles. The Labute approximate surface area is 130 Å². The number of nitrogens with two attached hydrogens (primary N) is 1. The maximum absolute atomic E-state index is 12.2. The van der Waals surface area contributed by atoms with Crippen LogP contribution in [0.4, 0.5) is 0 Å². The molecule has 5 nitrogen and oxygen atoms in total. The minimum absolute atomic E-state index is 0. The number of amides is 1. The molecule has 1 amide bonds. The van der Waals surface area contributed by atoms with Gasteiger partial charge in [-0.3, -0.25) is 4.79 Å². The molecule has 7 heteroatoms. The highest BCUT2D eigenvalue weighted by atomic mass is 35.5. The molecule has 0 radical (unpaired) electrons. The van der Waals surface area contributed by atoms with Crippen molar-refractivity contribution in [1.29, 1.82) is 0 Å². The minimum atomic E-state index is -0.267. The van der Waals surface area contributed by atoms with Crippen LogP contribution in [-0.2, 0) is 0 Å². The number of hydrogen-bond donors (Lipinski definition) is 2. The lowest BCUT2D eigenvalue weighted by Gasteiger charge is -2.16. The van der Waals surface area contributed by atoms with Gasteiger partial charge < -0.3 is 11.1 Å². The molecule has 3 N–H and O–H groups in total. The Bertz CT molecular complexity index is 477. The zero-order valence-electron chi connectivity index (χ0n) is 11.6. The van der Waals surface area contributed by atoms with E-state index < -0.39 is 0 Å². The molecule has 0 aromatic carbocycles. The summed E-state index contributed by atoms with van der Waals surface area (Å²) in [5, 5.41) is 3.18. The number of carbonyl (C=O) groups excluding carboxylic acids is 1. The second-order valence-corrected chi connectivity index (χ2v) is 5.64. The third-order valence-corrected chi connectivity index (χ3v) is 3.53. The van der Waals surface area contributed by atoms with E-state index in [0.29, 0.717) is 18.3 Å². The molecule has 0 saturated heterocycles. The van der Waals surface area contributed by atoms with Gasteiger partial charge in [0.05, 0.1) is 11.2 Å². The van der Waals surface area contributed by atoms with Crippen LogP contribution in [0.25, 0.3) is 0 Å². The molecule has 1 aromatic heterocycles. The quantitative estimate of drug-likeness (QED) is 0.871. The Morgan fingerprint density at radius 1 is 1.55 bits per heavy atom. The van der Waals surface area contributed by atoms with E-state index in [9.17, 15) is 4.79 Å². The first-order valence-electron chi connectivity index (χ1n) is 6.56. The van der Waals surface area contributed by atoms with Crippen LogP contribution < -0.4 is 11.1 Å². The number of carbonyl (C=O) groups is 1. The van der Waals surface area contributed by atoms with Gasteiger partial charge in [0.1, 0.15) is 11.5 Å². The van der Waals surface area contributed by atoms with Crippen molar-refractivity contribution in [2.75, 3.05) is 6.54 Å². The fourth-order valence-electron chi connectivity index (χ4n) is 1.92. The van der Waals surface area contributed by atoms with Gasteiger partial charge in [-0.1, -0.05) is 25.4 Å². The van der Waals surface area contributed by atoms with Gasteiger partial charge in [0.25, 0.3) is 5.91 Å². The van der Waals surface area contributed by atoms with Crippen LogP contribution in [0.1, 0.15) is 48.9 Å². The van der Waals surface area contributed by atoms with Crippen LogP contribution in [0, 0.1) is 5.92 Å². The van der Waals surface area contributed by atoms with E-state index in [1.54, 1.807) is 0 Å². The molecule has 1 unspecified atom stereocenters.